The molecular weight excluding hydrogens is 316 g/mol. The van der Waals surface area contributed by atoms with E-state index >= 15 is 0 Å². The molecule has 2 amide bonds. The summed E-state index contributed by atoms with van der Waals surface area (Å²) in [7, 11) is 0. The normalized spacial score (nSPS) is 13.0. The van der Waals surface area contributed by atoms with Crippen LogP contribution in [-0.2, 0) is 12.8 Å². The highest BCUT2D eigenvalue weighted by molar-refractivity contribution is 5.97. The molecule has 2 aromatic rings. The largest absolute Gasteiger partial charge is 0.507 e. The molecule has 0 fully saturated rings. The van der Waals surface area contributed by atoms with Gasteiger partial charge in [-0.3, -0.25) is 9.59 Å². The number of benzene rings is 2. The molecule has 5 heteroatoms. The first-order valence-electron chi connectivity index (χ1n) is 8.61. The van der Waals surface area contributed by atoms with Crippen LogP contribution in [0.1, 0.15) is 44.7 Å². The van der Waals surface area contributed by atoms with E-state index in [1.165, 1.54) is 30.0 Å². The van der Waals surface area contributed by atoms with E-state index < -0.39 is 0 Å². The third kappa shape index (κ3) is 4.18. The number of aryl methyl sites for hydroxylation is 2. The smallest absolute Gasteiger partial charge is 0.255 e. The van der Waals surface area contributed by atoms with Gasteiger partial charge < -0.3 is 15.7 Å². The van der Waals surface area contributed by atoms with Crippen molar-refractivity contribution in [3.05, 3.63) is 64.7 Å². The van der Waals surface area contributed by atoms with Crippen LogP contribution in [0.25, 0.3) is 0 Å². The van der Waals surface area contributed by atoms with Gasteiger partial charge >= 0.3 is 0 Å². The molecule has 25 heavy (non-hydrogen) atoms. The Hall–Kier alpha value is -2.82. The summed E-state index contributed by atoms with van der Waals surface area (Å²) in [5.41, 5.74) is 3.50. The third-order valence-electron chi connectivity index (χ3n) is 4.46. The van der Waals surface area contributed by atoms with Gasteiger partial charge in [0, 0.05) is 18.7 Å². The van der Waals surface area contributed by atoms with Crippen LogP contribution in [0.5, 0.6) is 5.75 Å². The summed E-state index contributed by atoms with van der Waals surface area (Å²) in [6, 6.07) is 12.2. The zero-order valence-corrected chi connectivity index (χ0v) is 14.0. The Labute approximate surface area is 147 Å². The number of hydrogen-bond donors (Lipinski definition) is 3. The maximum atomic E-state index is 12.2. The van der Waals surface area contributed by atoms with Crippen LogP contribution in [0.3, 0.4) is 0 Å². The van der Waals surface area contributed by atoms with E-state index in [0.29, 0.717) is 18.7 Å². The highest BCUT2D eigenvalue weighted by Gasteiger charge is 2.13. The number of aromatic hydroxyl groups is 1. The second kappa shape index (κ2) is 7.83. The van der Waals surface area contributed by atoms with Gasteiger partial charge in [-0.05, 0) is 61.1 Å². The van der Waals surface area contributed by atoms with E-state index in [4.69, 9.17) is 0 Å². The predicted molar refractivity (Wildman–Crippen MR) is 95.9 cm³/mol. The molecule has 3 rings (SSSR count). The number of hydrogen-bond acceptors (Lipinski definition) is 3. The number of rotatable bonds is 5. The lowest BCUT2D eigenvalue weighted by molar-refractivity contribution is 0.0926. The van der Waals surface area contributed by atoms with Gasteiger partial charge in [-0.15, -0.1) is 0 Å². The average molecular weight is 338 g/mol. The number of phenolic OH excluding ortho intramolecular Hbond substituents is 1. The van der Waals surface area contributed by atoms with Gasteiger partial charge in [0.25, 0.3) is 11.8 Å². The maximum absolute atomic E-state index is 12.2. The fraction of sp³-hybridized carbons (Fsp3) is 0.300. The first kappa shape index (κ1) is 17.0. The topological polar surface area (TPSA) is 78.4 Å². The molecule has 0 saturated carbocycles. The summed E-state index contributed by atoms with van der Waals surface area (Å²) in [6.07, 6.45) is 4.52. The fourth-order valence-corrected chi connectivity index (χ4v) is 3.09. The SMILES string of the molecule is O=C(NCCNC(=O)c1ccccc1O)c1ccc2c(c1)CCCC2. The lowest BCUT2D eigenvalue weighted by atomic mass is 9.90. The Morgan fingerprint density at radius 2 is 1.56 bits per heavy atom. The predicted octanol–water partition coefficient (Wildman–Crippen LogP) is 2.43. The highest BCUT2D eigenvalue weighted by atomic mass is 16.3. The first-order valence-corrected chi connectivity index (χ1v) is 8.61. The van der Waals surface area contributed by atoms with E-state index in [1.54, 1.807) is 18.2 Å². The quantitative estimate of drug-likeness (QED) is 0.733. The lowest BCUT2D eigenvalue weighted by Crippen LogP contribution is -2.34. The molecule has 0 aliphatic heterocycles. The van der Waals surface area contributed by atoms with Crippen molar-refractivity contribution in [1.82, 2.24) is 10.6 Å². The molecule has 2 aromatic carbocycles. The van der Waals surface area contributed by atoms with Gasteiger partial charge in [0.1, 0.15) is 5.75 Å². The highest BCUT2D eigenvalue weighted by Crippen LogP contribution is 2.22. The number of nitrogens with one attached hydrogen (secondary N) is 2. The zero-order valence-electron chi connectivity index (χ0n) is 14.0. The third-order valence-corrected chi connectivity index (χ3v) is 4.46. The van der Waals surface area contributed by atoms with Crippen molar-refractivity contribution in [2.75, 3.05) is 13.1 Å². The molecule has 0 radical (unpaired) electrons. The number of carbonyl (C=O) groups excluding carboxylic acids is 2. The number of amides is 2. The Morgan fingerprint density at radius 3 is 2.32 bits per heavy atom. The van der Waals surface area contributed by atoms with Crippen molar-refractivity contribution in [3.8, 4) is 5.75 Å². The van der Waals surface area contributed by atoms with Gasteiger partial charge in [-0.2, -0.15) is 0 Å². The lowest BCUT2D eigenvalue weighted by Gasteiger charge is -2.16. The van der Waals surface area contributed by atoms with Crippen LogP contribution >= 0.6 is 0 Å². The summed E-state index contributed by atoms with van der Waals surface area (Å²) in [4.78, 5) is 24.2. The molecule has 3 N–H and O–H groups in total. The van der Waals surface area contributed by atoms with Gasteiger partial charge in [-0.25, -0.2) is 0 Å². The Bertz CT molecular complexity index is 786. The molecular formula is C20H22N2O3. The molecule has 130 valence electrons. The van der Waals surface area contributed by atoms with Crippen molar-refractivity contribution in [2.24, 2.45) is 0 Å². The summed E-state index contributed by atoms with van der Waals surface area (Å²) < 4.78 is 0. The molecule has 0 unspecified atom stereocenters. The van der Waals surface area contributed by atoms with Crippen LogP contribution in [0.15, 0.2) is 42.5 Å². The molecule has 1 aliphatic carbocycles. The Balaban J connectivity index is 1.48. The van der Waals surface area contributed by atoms with Gasteiger partial charge in [0.15, 0.2) is 0 Å². The Morgan fingerprint density at radius 1 is 0.880 bits per heavy atom. The second-order valence-electron chi connectivity index (χ2n) is 6.22. The summed E-state index contributed by atoms with van der Waals surface area (Å²) >= 11 is 0. The molecule has 0 heterocycles. The minimum Gasteiger partial charge on any atom is -0.507 e. The number of para-hydroxylation sites is 1. The second-order valence-corrected chi connectivity index (χ2v) is 6.22. The minimum absolute atomic E-state index is 0.0573. The summed E-state index contributed by atoms with van der Waals surface area (Å²) in [6.45, 7) is 0.624. The van der Waals surface area contributed by atoms with Crippen LogP contribution in [0, 0.1) is 0 Å². The van der Waals surface area contributed by atoms with E-state index in [9.17, 15) is 14.7 Å². The first-order chi connectivity index (χ1) is 12.1. The molecule has 0 aromatic heterocycles. The van der Waals surface area contributed by atoms with Crippen LogP contribution in [0.2, 0.25) is 0 Å². The van der Waals surface area contributed by atoms with Crippen LogP contribution in [-0.4, -0.2) is 30.0 Å². The van der Waals surface area contributed by atoms with Crippen molar-refractivity contribution in [1.29, 1.82) is 0 Å². The zero-order chi connectivity index (χ0) is 17.6. The van der Waals surface area contributed by atoms with Gasteiger partial charge in [0.2, 0.25) is 0 Å². The standard InChI is InChI=1S/C20H22N2O3/c23-18-8-4-3-7-17(18)20(25)22-12-11-21-19(24)16-10-9-14-5-1-2-6-15(14)13-16/h3-4,7-10,13,23H,1-2,5-6,11-12H2,(H,21,24)(H,22,25). The van der Waals surface area contributed by atoms with E-state index in [1.807, 2.05) is 18.2 Å². The number of carbonyl (C=O) groups is 2. The number of phenols is 1. The van der Waals surface area contributed by atoms with Crippen molar-refractivity contribution < 1.29 is 14.7 Å². The monoisotopic (exact) mass is 338 g/mol. The molecule has 0 bridgehead atoms. The van der Waals surface area contributed by atoms with Crippen molar-refractivity contribution in [2.45, 2.75) is 25.7 Å². The molecule has 1 aliphatic rings. The van der Waals surface area contributed by atoms with Crippen LogP contribution in [0.4, 0.5) is 0 Å². The van der Waals surface area contributed by atoms with Crippen molar-refractivity contribution in [3.63, 3.8) is 0 Å². The average Bonchev–Trinajstić information content (AvgIpc) is 2.64. The molecule has 0 atom stereocenters. The summed E-state index contributed by atoms with van der Waals surface area (Å²) in [5, 5.41) is 15.1. The van der Waals surface area contributed by atoms with Gasteiger partial charge in [-0.1, -0.05) is 18.2 Å². The molecule has 5 nitrogen and oxygen atoms in total. The van der Waals surface area contributed by atoms with Crippen molar-refractivity contribution >= 4 is 11.8 Å². The minimum atomic E-state index is -0.360. The van der Waals surface area contributed by atoms with Crippen LogP contribution < -0.4 is 10.6 Å². The molecule has 0 saturated heterocycles. The van der Waals surface area contributed by atoms with E-state index in [2.05, 4.69) is 10.6 Å². The van der Waals surface area contributed by atoms with Gasteiger partial charge in [0.05, 0.1) is 5.56 Å². The van der Waals surface area contributed by atoms with E-state index in [-0.39, 0.29) is 23.1 Å². The van der Waals surface area contributed by atoms with E-state index in [0.717, 1.165) is 12.8 Å². The fourth-order valence-electron chi connectivity index (χ4n) is 3.09. The maximum Gasteiger partial charge on any atom is 0.255 e. The number of fused-ring (bicyclic) bond motifs is 1. The Kier molecular flexibility index (Phi) is 5.33. The summed E-state index contributed by atoms with van der Waals surface area (Å²) in [5.74, 6) is -0.551. The molecule has 0 spiro atoms.